The number of Topliss-reactive ketones (excluding diaryl/α,β-unsaturated/α-hetero) is 1. The van der Waals surface area contributed by atoms with E-state index in [0.29, 0.717) is 16.9 Å². The Balaban J connectivity index is 2.06. The van der Waals surface area contributed by atoms with Crippen molar-refractivity contribution in [3.63, 3.8) is 0 Å². The lowest BCUT2D eigenvalue weighted by Gasteiger charge is -2.36. The third-order valence-corrected chi connectivity index (χ3v) is 5.29. The average Bonchev–Trinajstić information content (AvgIpc) is 2.64. The van der Waals surface area contributed by atoms with Crippen molar-refractivity contribution in [2.24, 2.45) is 0 Å². The second kappa shape index (κ2) is 6.99. The first kappa shape index (κ1) is 11.0. The number of ketones is 1. The molecule has 0 saturated carbocycles. The normalized spacial score (nSPS) is 19.0. The largest absolute Gasteiger partial charge is 0.338 e. The van der Waals surface area contributed by atoms with Gasteiger partial charge in [0.05, 0.1) is 11.4 Å². The van der Waals surface area contributed by atoms with Crippen LogP contribution in [0.4, 0.5) is 11.4 Å². The topological polar surface area (TPSA) is 23.6 Å². The van der Waals surface area contributed by atoms with Gasteiger partial charge in [0, 0.05) is 42.6 Å². The van der Waals surface area contributed by atoms with E-state index in [1.54, 1.807) is 31.7 Å². The number of benzene rings is 2. The van der Waals surface area contributed by atoms with Crippen LogP contribution in [0.2, 0.25) is 0 Å². The van der Waals surface area contributed by atoms with Crippen molar-refractivity contribution < 1.29 is 13.0 Å². The lowest BCUT2D eigenvalue weighted by molar-refractivity contribution is 0.0988. The number of likely N-dealkylation sites (N-methyl/N-ethyl adjacent to an activating group) is 1. The van der Waals surface area contributed by atoms with Gasteiger partial charge in [-0.05, 0) is 45.1 Å². The second-order valence-corrected chi connectivity index (χ2v) is 6.94. The van der Waals surface area contributed by atoms with Crippen molar-refractivity contribution in [3.8, 4) is 0 Å². The highest BCUT2D eigenvalue weighted by Gasteiger charge is 2.25. The van der Waals surface area contributed by atoms with Gasteiger partial charge >= 0.3 is 0 Å². The van der Waals surface area contributed by atoms with E-state index in [2.05, 4.69) is 0 Å². The highest BCUT2D eigenvalue weighted by atomic mass is 32.2. The van der Waals surface area contributed by atoms with Crippen LogP contribution in [0.25, 0.3) is 0 Å². The summed E-state index contributed by atoms with van der Waals surface area (Å²) in [6.07, 6.45) is 0.380. The highest BCUT2D eigenvalue weighted by Crippen LogP contribution is 2.48. The molecule has 3 rings (SSSR count). The quantitative estimate of drug-likeness (QED) is 0.723. The number of nitrogens with zero attached hydrogens (tertiary/aromatic N) is 2. The molecule has 1 heterocycles. The van der Waals surface area contributed by atoms with Crippen LogP contribution < -0.4 is 4.90 Å². The van der Waals surface area contributed by atoms with Gasteiger partial charge in [0.15, 0.2) is 5.78 Å². The zero-order valence-corrected chi connectivity index (χ0v) is 14.6. The molecule has 0 amide bonds. The smallest absolute Gasteiger partial charge is 0.162 e. The Morgan fingerprint density at radius 2 is 1.96 bits per heavy atom. The van der Waals surface area contributed by atoms with Gasteiger partial charge < -0.3 is 9.80 Å². The van der Waals surface area contributed by atoms with Crippen molar-refractivity contribution in [1.29, 1.82) is 0 Å². The molecular weight excluding hydrogens is 316 g/mol. The molecule has 1 aliphatic heterocycles. The average molecular weight is 347 g/mol. The Morgan fingerprint density at radius 3 is 2.71 bits per heavy atom. The lowest BCUT2D eigenvalue weighted by atomic mass is 10.1. The molecular formula is C20H24N2OS. The molecule has 126 valence electrons. The number of rotatable bonds is 5. The van der Waals surface area contributed by atoms with Gasteiger partial charge in [-0.2, -0.15) is 0 Å². The minimum Gasteiger partial charge on any atom is -0.338 e. The molecule has 1 atom stereocenters. The van der Waals surface area contributed by atoms with E-state index in [1.165, 1.54) is 0 Å². The Morgan fingerprint density at radius 1 is 1.21 bits per heavy atom. The second-order valence-electron chi connectivity index (χ2n) is 5.86. The molecule has 24 heavy (non-hydrogen) atoms. The molecule has 0 radical (unpaired) electrons. The molecule has 3 nitrogen and oxygen atoms in total. The van der Waals surface area contributed by atoms with E-state index in [4.69, 9.17) is 8.22 Å². The molecule has 0 fully saturated rings. The number of hydrogen-bond acceptors (Lipinski definition) is 4. The first-order valence-corrected chi connectivity index (χ1v) is 8.76. The van der Waals surface area contributed by atoms with Gasteiger partial charge in [0.2, 0.25) is 0 Å². The minimum absolute atomic E-state index is 0.0151. The molecule has 0 aliphatic carbocycles. The molecule has 0 bridgehead atoms. The zero-order chi connectivity index (χ0) is 22.3. The first-order valence-electron chi connectivity index (χ1n) is 10.9. The molecule has 2 aromatic carbocycles. The number of hydrogen-bond donors (Lipinski definition) is 0. The Hall–Kier alpha value is -1.78. The summed E-state index contributed by atoms with van der Waals surface area (Å²) in [5.74, 6) is 0.0151. The molecule has 1 aliphatic rings. The molecule has 0 saturated heterocycles. The van der Waals surface area contributed by atoms with Crippen LogP contribution >= 0.6 is 11.8 Å². The maximum Gasteiger partial charge on any atom is 0.162 e. The summed E-state index contributed by atoms with van der Waals surface area (Å²) >= 11 is 1.57. The van der Waals surface area contributed by atoms with Crippen LogP contribution in [0.5, 0.6) is 0 Å². The Labute approximate surface area is 157 Å². The maximum absolute atomic E-state index is 12.3. The molecule has 0 spiro atoms. The number of para-hydroxylation sites is 1. The van der Waals surface area contributed by atoms with Crippen molar-refractivity contribution in [1.82, 2.24) is 4.90 Å². The van der Waals surface area contributed by atoms with Crippen molar-refractivity contribution in [2.75, 3.05) is 25.4 Å². The summed E-state index contributed by atoms with van der Waals surface area (Å²) < 4.78 is 46.4. The third kappa shape index (κ3) is 3.21. The van der Waals surface area contributed by atoms with E-state index in [0.717, 1.165) is 21.2 Å². The SMILES string of the molecule is [2H]C([2H])([2H])N([C@@H](C)CN1c2ccccc2Sc2ccc(C(=O)CC)cc21)C([2H])([2H])[2H]. The molecule has 4 heteroatoms. The van der Waals surface area contributed by atoms with Crippen LogP contribution in [0.1, 0.15) is 38.9 Å². The van der Waals surface area contributed by atoms with Crippen LogP contribution in [0.3, 0.4) is 0 Å². The Bertz CT molecular complexity index is 930. The predicted octanol–water partition coefficient (Wildman–Crippen LogP) is 4.83. The molecule has 0 N–H and O–H groups in total. The van der Waals surface area contributed by atoms with Crippen molar-refractivity contribution >= 4 is 28.9 Å². The van der Waals surface area contributed by atoms with Gasteiger partial charge in [-0.1, -0.05) is 36.9 Å². The number of anilines is 2. The van der Waals surface area contributed by atoms with E-state index < -0.39 is 20.0 Å². The van der Waals surface area contributed by atoms with E-state index in [1.807, 2.05) is 41.3 Å². The van der Waals surface area contributed by atoms with Crippen molar-refractivity contribution in [2.45, 2.75) is 36.1 Å². The van der Waals surface area contributed by atoms with Crippen LogP contribution in [-0.4, -0.2) is 37.2 Å². The van der Waals surface area contributed by atoms with Crippen LogP contribution in [-0.2, 0) is 0 Å². The van der Waals surface area contributed by atoms with Crippen molar-refractivity contribution in [3.05, 3.63) is 48.0 Å². The molecule has 2 aromatic rings. The fourth-order valence-electron chi connectivity index (χ4n) is 2.75. The maximum atomic E-state index is 12.3. The molecule has 0 unspecified atom stereocenters. The van der Waals surface area contributed by atoms with Gasteiger partial charge in [0.25, 0.3) is 0 Å². The Kier molecular flexibility index (Phi) is 3.19. The summed E-state index contributed by atoms with van der Waals surface area (Å²) in [6, 6.07) is 12.4. The summed E-state index contributed by atoms with van der Waals surface area (Å²) in [5, 5.41) is 0. The lowest BCUT2D eigenvalue weighted by Crippen LogP contribution is -2.37. The number of fused-ring (bicyclic) bond motifs is 2. The van der Waals surface area contributed by atoms with Crippen LogP contribution in [0.15, 0.2) is 52.3 Å². The van der Waals surface area contributed by atoms with Gasteiger partial charge in [0.1, 0.15) is 0 Å². The summed E-state index contributed by atoms with van der Waals surface area (Å²) in [4.78, 5) is 16.7. The van der Waals surface area contributed by atoms with Crippen LogP contribution in [0, 0.1) is 0 Å². The molecule has 0 aromatic heterocycles. The predicted molar refractivity (Wildman–Crippen MR) is 102 cm³/mol. The number of carbonyl (C=O) groups is 1. The summed E-state index contributed by atoms with van der Waals surface area (Å²) in [6.45, 7) is -1.99. The van der Waals surface area contributed by atoms with E-state index >= 15 is 0 Å². The summed E-state index contributed by atoms with van der Waals surface area (Å²) in [7, 11) is 0. The number of carbonyl (C=O) groups excluding carboxylic acids is 1. The standard InChI is InChI=1S/C20H24N2OS/c1-5-18(23)15-10-11-20-17(12-15)22(13-14(2)21(3)4)16-8-6-7-9-19(16)24-20/h6-12,14H,5,13H2,1-4H3/t14-/m0/s1/i3D3,4D3. The minimum atomic E-state index is -2.77. The monoisotopic (exact) mass is 346 g/mol. The highest BCUT2D eigenvalue weighted by molar-refractivity contribution is 7.99. The fourth-order valence-corrected chi connectivity index (χ4v) is 3.83. The van der Waals surface area contributed by atoms with Gasteiger partial charge in [-0.25, -0.2) is 0 Å². The van der Waals surface area contributed by atoms with Gasteiger partial charge in [-0.3, -0.25) is 4.79 Å². The fraction of sp³-hybridized carbons (Fsp3) is 0.350. The zero-order valence-electron chi connectivity index (χ0n) is 19.7. The summed E-state index contributed by atoms with van der Waals surface area (Å²) in [5.41, 5.74) is 2.22. The van der Waals surface area contributed by atoms with E-state index in [-0.39, 0.29) is 12.3 Å². The first-order chi connectivity index (χ1) is 13.9. The third-order valence-electron chi connectivity index (χ3n) is 4.16. The van der Waals surface area contributed by atoms with Gasteiger partial charge in [-0.15, -0.1) is 0 Å². The van der Waals surface area contributed by atoms with E-state index in [9.17, 15) is 4.79 Å².